The molecule has 0 bridgehead atoms. The molecule has 2 unspecified atom stereocenters. The number of benzene rings is 3. The summed E-state index contributed by atoms with van der Waals surface area (Å²) >= 11 is 12.7. The molecule has 2 N–H and O–H groups in total. The smallest absolute Gasteiger partial charge is 0.270 e. The number of halogens is 2. The first-order valence-corrected chi connectivity index (χ1v) is 16.1. The lowest BCUT2D eigenvalue weighted by atomic mass is 9.86. The van der Waals surface area contributed by atoms with Gasteiger partial charge in [-0.3, -0.25) is 4.79 Å². The third-order valence-corrected chi connectivity index (χ3v) is 8.48. The number of fused-ring (bicyclic) bond motifs is 1. The Balaban J connectivity index is 0.00000235. The van der Waals surface area contributed by atoms with Crippen molar-refractivity contribution >= 4 is 46.8 Å². The van der Waals surface area contributed by atoms with Crippen LogP contribution in [0.4, 0.5) is 0 Å². The Kier molecular flexibility index (Phi) is 12.7. The van der Waals surface area contributed by atoms with Crippen LogP contribution in [0.1, 0.15) is 59.4 Å². The zero-order valence-electron chi connectivity index (χ0n) is 26.3. The Morgan fingerprint density at radius 2 is 1.70 bits per heavy atom. The van der Waals surface area contributed by atoms with Crippen molar-refractivity contribution in [2.75, 3.05) is 13.1 Å². The monoisotopic (exact) mass is 654 g/mol. The lowest BCUT2D eigenvalue weighted by molar-refractivity contribution is -0.0980. The molecule has 6 nitrogen and oxygen atoms in total. The SMILES string of the molecule is C=CCCC(CCNCC)NC(=O)c1cc(-c2cccc(Cl)c2)c2cc(C(c3ccc(Cl)cc3)c3cccn3C)ccc2n1.C=O. The van der Waals surface area contributed by atoms with Crippen LogP contribution in [0.25, 0.3) is 22.0 Å². The molecule has 0 saturated heterocycles. The highest BCUT2D eigenvalue weighted by molar-refractivity contribution is 6.31. The summed E-state index contributed by atoms with van der Waals surface area (Å²) in [5.74, 6) is -0.220. The molecule has 8 heteroatoms. The number of rotatable bonds is 13. The maximum atomic E-state index is 13.7. The topological polar surface area (TPSA) is 76.0 Å². The first-order chi connectivity index (χ1) is 22.4. The van der Waals surface area contributed by atoms with Crippen LogP contribution in [-0.4, -0.2) is 41.4 Å². The van der Waals surface area contributed by atoms with Gasteiger partial charge in [-0.05, 0) is 109 Å². The number of nitrogens with zero attached hydrogens (tertiary/aromatic N) is 2. The largest absolute Gasteiger partial charge is 0.354 e. The first kappa shape index (κ1) is 34.6. The Labute approximate surface area is 281 Å². The van der Waals surface area contributed by atoms with Gasteiger partial charge in [-0.2, -0.15) is 0 Å². The summed E-state index contributed by atoms with van der Waals surface area (Å²) in [4.78, 5) is 26.5. The number of hydrogen-bond acceptors (Lipinski definition) is 4. The highest BCUT2D eigenvalue weighted by atomic mass is 35.5. The van der Waals surface area contributed by atoms with Gasteiger partial charge in [-0.25, -0.2) is 4.98 Å². The number of aryl methyl sites for hydroxylation is 1. The van der Waals surface area contributed by atoms with Crippen molar-refractivity contribution in [2.45, 2.75) is 38.1 Å². The molecule has 0 spiro atoms. The van der Waals surface area contributed by atoms with Crippen molar-refractivity contribution in [3.05, 3.63) is 136 Å². The van der Waals surface area contributed by atoms with Crippen LogP contribution in [0, 0.1) is 0 Å². The molecular weight excluding hydrogens is 615 g/mol. The number of aromatic nitrogens is 2. The van der Waals surface area contributed by atoms with Gasteiger partial charge in [0.15, 0.2) is 0 Å². The van der Waals surface area contributed by atoms with Crippen LogP contribution in [0.2, 0.25) is 10.0 Å². The van der Waals surface area contributed by atoms with E-state index in [4.69, 9.17) is 33.0 Å². The van der Waals surface area contributed by atoms with Gasteiger partial charge in [0.25, 0.3) is 5.91 Å². The Hall–Kier alpha value is -4.23. The molecule has 0 fully saturated rings. The van der Waals surface area contributed by atoms with Crippen LogP contribution in [0.15, 0.2) is 104 Å². The van der Waals surface area contributed by atoms with Crippen molar-refractivity contribution < 1.29 is 9.59 Å². The lowest BCUT2D eigenvalue weighted by Gasteiger charge is -2.21. The van der Waals surface area contributed by atoms with Crippen LogP contribution in [0.3, 0.4) is 0 Å². The van der Waals surface area contributed by atoms with Gasteiger partial charge in [0.05, 0.1) is 5.52 Å². The van der Waals surface area contributed by atoms with E-state index in [0.29, 0.717) is 15.7 Å². The van der Waals surface area contributed by atoms with E-state index in [2.05, 4.69) is 78.3 Å². The summed E-state index contributed by atoms with van der Waals surface area (Å²) in [6.45, 7) is 9.66. The summed E-state index contributed by atoms with van der Waals surface area (Å²) in [5.41, 5.74) is 6.35. The molecular formula is C38H40Cl2N4O2. The molecule has 0 saturated carbocycles. The summed E-state index contributed by atoms with van der Waals surface area (Å²) in [6, 6.07) is 28.2. The molecule has 5 aromatic rings. The van der Waals surface area contributed by atoms with Crippen molar-refractivity contribution in [3.63, 3.8) is 0 Å². The van der Waals surface area contributed by atoms with Gasteiger partial charge in [-0.1, -0.05) is 66.5 Å². The summed E-state index contributed by atoms with van der Waals surface area (Å²) in [6.07, 6.45) is 6.43. The van der Waals surface area contributed by atoms with E-state index >= 15 is 0 Å². The molecule has 5 rings (SSSR count). The van der Waals surface area contributed by atoms with Crippen LogP contribution >= 0.6 is 23.2 Å². The molecule has 238 valence electrons. The number of pyridine rings is 1. The number of carbonyl (C=O) groups excluding carboxylic acids is 2. The van der Waals surface area contributed by atoms with Gasteiger partial charge in [0.2, 0.25) is 0 Å². The molecule has 2 aromatic heterocycles. The second kappa shape index (κ2) is 16.9. The fourth-order valence-corrected chi connectivity index (χ4v) is 6.03. The molecule has 2 atom stereocenters. The minimum Gasteiger partial charge on any atom is -0.354 e. The predicted molar refractivity (Wildman–Crippen MR) is 191 cm³/mol. The highest BCUT2D eigenvalue weighted by Gasteiger charge is 2.22. The van der Waals surface area contributed by atoms with E-state index < -0.39 is 0 Å². The highest BCUT2D eigenvalue weighted by Crippen LogP contribution is 2.37. The number of allylic oxidation sites excluding steroid dienone is 1. The Morgan fingerprint density at radius 1 is 0.935 bits per heavy atom. The number of amides is 1. The normalized spacial score (nSPS) is 12.2. The third-order valence-electron chi connectivity index (χ3n) is 7.99. The van der Waals surface area contributed by atoms with Crippen molar-refractivity contribution in [3.8, 4) is 11.1 Å². The maximum Gasteiger partial charge on any atom is 0.270 e. The molecule has 2 heterocycles. The van der Waals surface area contributed by atoms with Crippen molar-refractivity contribution in [2.24, 2.45) is 7.05 Å². The van der Waals surface area contributed by atoms with Crippen LogP contribution < -0.4 is 10.6 Å². The van der Waals surface area contributed by atoms with E-state index in [1.165, 1.54) is 0 Å². The average Bonchev–Trinajstić information content (AvgIpc) is 3.49. The fraction of sp³-hybridized carbons (Fsp3) is 0.237. The molecule has 3 aromatic carbocycles. The minimum absolute atomic E-state index is 0.0134. The van der Waals surface area contributed by atoms with Crippen LogP contribution in [0.5, 0.6) is 0 Å². The van der Waals surface area contributed by atoms with Gasteiger partial charge in [-0.15, -0.1) is 6.58 Å². The van der Waals surface area contributed by atoms with E-state index in [-0.39, 0.29) is 17.9 Å². The number of nitrogens with one attached hydrogen (secondary N) is 2. The number of hydrogen-bond donors (Lipinski definition) is 2. The zero-order chi connectivity index (χ0) is 33.1. The molecule has 0 aliphatic rings. The summed E-state index contributed by atoms with van der Waals surface area (Å²) in [5, 5.41) is 8.87. The minimum atomic E-state index is -0.187. The maximum absolute atomic E-state index is 13.7. The van der Waals surface area contributed by atoms with Crippen molar-refractivity contribution in [1.82, 2.24) is 20.2 Å². The standard InChI is InChI=1S/C37H38Cl2N4O.CH2O/c1-4-6-11-30(19-20-40-5-2)41-37(44)34-24-31(26-9-7-10-29(39)22-26)32-23-27(15-18-33(32)42-34)36(35-12-8-21-43(35)3)25-13-16-28(38)17-14-25;1-2/h4,7-10,12-18,21-24,30,36,40H,1,5-6,11,19-20H2,2-3H3,(H,41,44);1H2. The molecule has 0 aliphatic carbocycles. The Bertz CT molecular complexity index is 1770. The molecule has 46 heavy (non-hydrogen) atoms. The molecule has 0 aliphatic heterocycles. The zero-order valence-corrected chi connectivity index (χ0v) is 27.8. The van der Waals surface area contributed by atoms with Gasteiger partial charge in [0.1, 0.15) is 12.5 Å². The predicted octanol–water partition coefficient (Wildman–Crippen LogP) is 8.61. The average molecular weight is 656 g/mol. The number of carbonyl (C=O) groups is 2. The van der Waals surface area contributed by atoms with E-state index in [9.17, 15) is 4.79 Å². The molecule has 1 amide bonds. The van der Waals surface area contributed by atoms with Gasteiger partial charge < -0.3 is 20.0 Å². The lowest BCUT2D eigenvalue weighted by Crippen LogP contribution is -2.37. The van der Waals surface area contributed by atoms with Gasteiger partial charge >= 0.3 is 0 Å². The van der Waals surface area contributed by atoms with Crippen molar-refractivity contribution in [1.29, 1.82) is 0 Å². The third kappa shape index (κ3) is 8.52. The van der Waals surface area contributed by atoms with E-state index in [1.54, 1.807) is 0 Å². The molecule has 0 radical (unpaired) electrons. The summed E-state index contributed by atoms with van der Waals surface area (Å²) < 4.78 is 2.14. The Morgan fingerprint density at radius 3 is 2.37 bits per heavy atom. The van der Waals surface area contributed by atoms with E-state index in [0.717, 1.165) is 71.2 Å². The first-order valence-electron chi connectivity index (χ1n) is 15.4. The van der Waals surface area contributed by atoms with Crippen LogP contribution in [-0.2, 0) is 11.8 Å². The fourth-order valence-electron chi connectivity index (χ4n) is 5.72. The van der Waals surface area contributed by atoms with Gasteiger partial charge in [0, 0.05) is 46.3 Å². The summed E-state index contributed by atoms with van der Waals surface area (Å²) in [7, 11) is 2.06. The second-order valence-electron chi connectivity index (χ2n) is 11.0. The quantitative estimate of drug-likeness (QED) is 0.0984. The van der Waals surface area contributed by atoms with E-state index in [1.807, 2.05) is 61.4 Å². The second-order valence-corrected chi connectivity index (χ2v) is 11.9.